The van der Waals surface area contributed by atoms with Gasteiger partial charge in [-0.3, -0.25) is 16.3 Å². The maximum Gasteiger partial charge on any atom is 0.0798 e. The number of para-hydroxylation sites is 2. The van der Waals surface area contributed by atoms with Gasteiger partial charge >= 0.3 is 0 Å². The fourth-order valence-corrected chi connectivity index (χ4v) is 9.57. The van der Waals surface area contributed by atoms with E-state index in [1.807, 2.05) is 24.3 Å². The predicted octanol–water partition coefficient (Wildman–Crippen LogP) is 13.3. The standard InChI is InChI=1S/C32H27N2S.C18H24NSi.Ir/c1-21-9-18-30-26(19-21)27(20-35-30)31-33-28-7-5-6-8-29(28)34(31)25-16-12-23(13-17-25)22-10-14-24(15-11-22)32(2,3)4;1-14(2)11-16-12-17(15-9-7-6-8-10-15)19-13-18(16)20(3,4)5;/h5-19H,1-4H3;6-9,12-14H,11H2,1-5H3;/q2*-1;. The molecule has 1 radical (unpaired) electrons. The van der Waals surface area contributed by atoms with Crippen LogP contribution in [0.2, 0.25) is 19.6 Å². The number of rotatable bonds is 7. The first-order valence-corrected chi connectivity index (χ1v) is 23.6. The molecule has 3 aromatic heterocycles. The first-order valence-electron chi connectivity index (χ1n) is 19.3. The second-order valence-corrected chi connectivity index (χ2v) is 23.0. The molecule has 6 heteroatoms. The van der Waals surface area contributed by atoms with E-state index in [0.717, 1.165) is 45.8 Å². The van der Waals surface area contributed by atoms with E-state index in [0.29, 0.717) is 5.92 Å². The summed E-state index contributed by atoms with van der Waals surface area (Å²) >= 11 is 1.66. The fourth-order valence-electron chi connectivity index (χ4n) is 7.16. The zero-order valence-corrected chi connectivity index (χ0v) is 38.2. The first-order chi connectivity index (χ1) is 26.3. The Morgan fingerprint density at radius 3 is 2.12 bits per heavy atom. The van der Waals surface area contributed by atoms with Gasteiger partial charge in [0.2, 0.25) is 0 Å². The Labute approximate surface area is 352 Å². The topological polar surface area (TPSA) is 30.7 Å². The SMILES string of the molecule is CC(C)Cc1cc(-c2[c-]cccc2)ncc1[Si](C)(C)C.Cc1ccc2s[c-]c(-c3nc4ccccc4n3-c3ccc(-c4ccc(C(C)(C)C)cc4)cc3)c2c1.[Ir]. The first kappa shape index (κ1) is 41.2. The van der Waals surface area contributed by atoms with Crippen molar-refractivity contribution in [2.45, 2.75) is 73.0 Å². The second-order valence-electron chi connectivity index (χ2n) is 17.1. The molecule has 0 spiro atoms. The van der Waals surface area contributed by atoms with Gasteiger partial charge in [0.25, 0.3) is 0 Å². The summed E-state index contributed by atoms with van der Waals surface area (Å²) in [4.78, 5) is 9.75. The van der Waals surface area contributed by atoms with Gasteiger partial charge in [-0.05, 0) is 76.5 Å². The van der Waals surface area contributed by atoms with Crippen molar-refractivity contribution in [3.8, 4) is 39.5 Å². The number of aromatic nitrogens is 3. The number of aryl methyl sites for hydroxylation is 1. The summed E-state index contributed by atoms with van der Waals surface area (Å²) in [5.41, 5.74) is 13.0. The van der Waals surface area contributed by atoms with Gasteiger partial charge in [-0.25, -0.2) is 0 Å². The smallest absolute Gasteiger partial charge is 0.0798 e. The molecule has 3 heterocycles. The maximum atomic E-state index is 5.06. The number of pyridine rings is 1. The van der Waals surface area contributed by atoms with Crippen molar-refractivity contribution in [3.05, 3.63) is 156 Å². The largest absolute Gasteiger partial charge is 0.333 e. The molecule has 8 aromatic rings. The minimum absolute atomic E-state index is 0. The van der Waals surface area contributed by atoms with Crippen molar-refractivity contribution in [1.29, 1.82) is 0 Å². The van der Waals surface area contributed by atoms with Crippen LogP contribution in [0.4, 0.5) is 0 Å². The second kappa shape index (κ2) is 17.0. The molecule has 8 rings (SSSR count). The van der Waals surface area contributed by atoms with Crippen LogP contribution >= 0.6 is 11.3 Å². The van der Waals surface area contributed by atoms with Crippen molar-refractivity contribution in [2.24, 2.45) is 5.92 Å². The molecule has 56 heavy (non-hydrogen) atoms. The molecule has 0 aliphatic rings. The van der Waals surface area contributed by atoms with Crippen LogP contribution in [0.15, 0.2) is 128 Å². The van der Waals surface area contributed by atoms with Crippen molar-refractivity contribution in [3.63, 3.8) is 0 Å². The van der Waals surface area contributed by atoms with Gasteiger partial charge in [0.1, 0.15) is 0 Å². The fraction of sp³-hybridized carbons (Fsp3) is 0.240. The zero-order valence-electron chi connectivity index (χ0n) is 34.0. The molecule has 0 atom stereocenters. The van der Waals surface area contributed by atoms with E-state index in [1.54, 1.807) is 11.3 Å². The Hall–Kier alpha value is -4.45. The van der Waals surface area contributed by atoms with Crippen LogP contribution in [0.1, 0.15) is 51.3 Å². The molecule has 0 aliphatic carbocycles. The van der Waals surface area contributed by atoms with Crippen LogP contribution in [0.25, 0.3) is 60.6 Å². The third-order valence-electron chi connectivity index (χ3n) is 10.1. The van der Waals surface area contributed by atoms with Gasteiger partial charge in [-0.1, -0.05) is 148 Å². The van der Waals surface area contributed by atoms with Gasteiger partial charge in [-0.15, -0.1) is 47.3 Å². The van der Waals surface area contributed by atoms with Gasteiger partial charge in [-0.2, -0.15) is 0 Å². The Morgan fingerprint density at radius 2 is 1.48 bits per heavy atom. The molecule has 0 saturated carbocycles. The zero-order chi connectivity index (χ0) is 38.9. The summed E-state index contributed by atoms with van der Waals surface area (Å²) in [5, 5.41) is 6.24. The van der Waals surface area contributed by atoms with E-state index < -0.39 is 8.07 Å². The van der Waals surface area contributed by atoms with Crippen LogP contribution in [0.3, 0.4) is 0 Å². The Morgan fingerprint density at radius 1 is 0.804 bits per heavy atom. The van der Waals surface area contributed by atoms with Gasteiger partial charge in [0.05, 0.1) is 24.9 Å². The van der Waals surface area contributed by atoms with E-state index in [9.17, 15) is 0 Å². The van der Waals surface area contributed by atoms with Crippen molar-refractivity contribution >= 4 is 45.7 Å². The average Bonchev–Trinajstić information content (AvgIpc) is 3.76. The minimum Gasteiger partial charge on any atom is -0.333 e. The minimum atomic E-state index is -1.34. The maximum absolute atomic E-state index is 5.06. The summed E-state index contributed by atoms with van der Waals surface area (Å²) in [6.45, 7) is 20.6. The molecule has 0 unspecified atom stereocenters. The normalized spacial score (nSPS) is 11.8. The molecule has 3 nitrogen and oxygen atoms in total. The van der Waals surface area contributed by atoms with Gasteiger partial charge in [0, 0.05) is 32.0 Å². The molecular formula is C50H51IrN3SSi-2. The number of fused-ring (bicyclic) bond motifs is 2. The van der Waals surface area contributed by atoms with Crippen molar-refractivity contribution in [2.75, 3.05) is 0 Å². The van der Waals surface area contributed by atoms with E-state index >= 15 is 0 Å². The van der Waals surface area contributed by atoms with E-state index in [-0.39, 0.29) is 25.5 Å². The van der Waals surface area contributed by atoms with Crippen molar-refractivity contribution in [1.82, 2.24) is 14.5 Å². The molecule has 0 aliphatic heterocycles. The molecular weight excluding hydrogens is 895 g/mol. The number of hydrogen-bond acceptors (Lipinski definition) is 3. The third kappa shape index (κ3) is 9.06. The number of hydrogen-bond donors (Lipinski definition) is 0. The summed E-state index contributed by atoms with van der Waals surface area (Å²) in [5.74, 6) is 1.60. The number of thiophene rings is 1. The van der Waals surface area contributed by atoms with Crippen LogP contribution < -0.4 is 5.19 Å². The molecule has 0 amide bonds. The summed E-state index contributed by atoms with van der Waals surface area (Å²) < 4.78 is 3.50. The van der Waals surface area contributed by atoms with Crippen LogP contribution in [-0.4, -0.2) is 22.6 Å². The molecule has 287 valence electrons. The van der Waals surface area contributed by atoms with Crippen LogP contribution in [0.5, 0.6) is 0 Å². The van der Waals surface area contributed by atoms with E-state index in [4.69, 9.17) is 4.98 Å². The average molecular weight is 946 g/mol. The van der Waals surface area contributed by atoms with Gasteiger partial charge in [0.15, 0.2) is 0 Å². The predicted molar refractivity (Wildman–Crippen MR) is 240 cm³/mol. The number of imidazole rings is 1. The summed E-state index contributed by atoms with van der Waals surface area (Å²) in [7, 11) is -1.34. The Bertz CT molecular complexity index is 2550. The molecule has 0 fully saturated rings. The van der Waals surface area contributed by atoms with Gasteiger partial charge < -0.3 is 9.55 Å². The monoisotopic (exact) mass is 946 g/mol. The summed E-state index contributed by atoms with van der Waals surface area (Å²) in [6.07, 6.45) is 3.24. The third-order valence-corrected chi connectivity index (χ3v) is 13.0. The van der Waals surface area contributed by atoms with Crippen LogP contribution in [-0.2, 0) is 31.9 Å². The van der Waals surface area contributed by atoms with Crippen LogP contribution in [0, 0.1) is 24.3 Å². The number of benzene rings is 5. The molecule has 5 aromatic carbocycles. The molecule has 0 bridgehead atoms. The van der Waals surface area contributed by atoms with E-state index in [1.165, 1.54) is 43.1 Å². The Balaban J connectivity index is 0.000000217. The van der Waals surface area contributed by atoms with Crippen molar-refractivity contribution < 1.29 is 20.1 Å². The number of nitrogens with zero attached hydrogens (tertiary/aromatic N) is 3. The molecule has 0 saturated heterocycles. The summed E-state index contributed by atoms with van der Waals surface area (Å²) in [6, 6.07) is 46.3. The van der Waals surface area contributed by atoms with E-state index in [2.05, 4.69) is 185 Å². The molecule has 0 N–H and O–H groups in total. The Kier molecular flexibility index (Phi) is 12.5. The quantitative estimate of drug-likeness (QED) is 0.118.